The third kappa shape index (κ3) is 4.32. The summed E-state index contributed by atoms with van der Waals surface area (Å²) in [6.07, 6.45) is 4.99. The Hall–Kier alpha value is -3.19. The third-order valence-electron chi connectivity index (χ3n) is 7.29. The van der Waals surface area contributed by atoms with Crippen molar-refractivity contribution in [3.63, 3.8) is 0 Å². The maximum Gasteiger partial charge on any atom is 0.333 e. The van der Waals surface area contributed by atoms with Crippen LogP contribution in [0.5, 0.6) is 0 Å². The number of methoxy groups -OCH3 is 2. The van der Waals surface area contributed by atoms with Crippen molar-refractivity contribution in [3.8, 4) is 0 Å². The van der Waals surface area contributed by atoms with Crippen LogP contribution in [0.3, 0.4) is 0 Å². The van der Waals surface area contributed by atoms with Gasteiger partial charge in [0.1, 0.15) is 6.04 Å². The third-order valence-corrected chi connectivity index (χ3v) is 7.29. The molecule has 2 aromatic carbocycles. The summed E-state index contributed by atoms with van der Waals surface area (Å²) in [5.41, 5.74) is -0.312. The molecule has 34 heavy (non-hydrogen) atoms. The smallest absolute Gasteiger partial charge is 0.333 e. The summed E-state index contributed by atoms with van der Waals surface area (Å²) in [6, 6.07) is 16.8. The molecule has 4 atom stereocenters. The number of hydrogen-bond donors (Lipinski definition) is 2. The highest BCUT2D eigenvalue weighted by molar-refractivity contribution is 6.00. The average Bonchev–Trinajstić information content (AvgIpc) is 3.24. The second-order valence-electron chi connectivity index (χ2n) is 9.11. The van der Waals surface area contributed by atoms with E-state index in [4.69, 9.17) is 9.47 Å². The predicted octanol–water partition coefficient (Wildman–Crippen LogP) is 3.21. The number of amides is 1. The van der Waals surface area contributed by atoms with E-state index in [9.17, 15) is 14.4 Å². The second-order valence-corrected chi connectivity index (χ2v) is 9.11. The van der Waals surface area contributed by atoms with E-state index >= 15 is 0 Å². The van der Waals surface area contributed by atoms with Gasteiger partial charge in [-0.25, -0.2) is 4.79 Å². The Labute approximate surface area is 200 Å². The molecule has 4 unspecified atom stereocenters. The molecule has 0 bridgehead atoms. The molecule has 1 heterocycles. The van der Waals surface area contributed by atoms with Crippen LogP contribution in [0.2, 0.25) is 0 Å². The fraction of sp³-hybridized carbons (Fsp3) is 0.444. The fourth-order valence-electron chi connectivity index (χ4n) is 5.78. The molecule has 1 saturated heterocycles. The zero-order valence-electron chi connectivity index (χ0n) is 19.7. The lowest BCUT2D eigenvalue weighted by molar-refractivity contribution is -0.150. The summed E-state index contributed by atoms with van der Waals surface area (Å²) in [6.45, 7) is 0. The standard InChI is InChI=1S/C27H32N2O5/c1-33-25(31)22-21(18-12-6-3-7-13-18)27(26(32)34-2,23(28-22)19-14-8-4-9-15-19)29-24(30)20-16-10-5-11-17-20/h3,5-7,10-13,16-17,19,21-23,28H,4,8-9,14-15H2,1-2H3,(H,29,30). The minimum Gasteiger partial charge on any atom is -0.468 e. The normalized spacial score (nSPS) is 27.1. The Morgan fingerprint density at radius 1 is 0.882 bits per heavy atom. The van der Waals surface area contributed by atoms with Crippen molar-refractivity contribution >= 4 is 17.8 Å². The van der Waals surface area contributed by atoms with Crippen LogP contribution in [-0.2, 0) is 19.1 Å². The van der Waals surface area contributed by atoms with Crippen molar-refractivity contribution in [2.75, 3.05) is 14.2 Å². The Balaban J connectivity index is 1.89. The van der Waals surface area contributed by atoms with Crippen LogP contribution < -0.4 is 10.6 Å². The number of rotatable bonds is 6. The van der Waals surface area contributed by atoms with Crippen LogP contribution in [0.1, 0.15) is 53.9 Å². The first-order valence-electron chi connectivity index (χ1n) is 11.9. The Kier molecular flexibility index (Phi) is 7.32. The van der Waals surface area contributed by atoms with E-state index in [0.29, 0.717) is 5.56 Å². The highest BCUT2D eigenvalue weighted by Crippen LogP contribution is 2.46. The number of hydrogen-bond acceptors (Lipinski definition) is 6. The van der Waals surface area contributed by atoms with Gasteiger partial charge in [-0.1, -0.05) is 67.8 Å². The molecule has 2 N–H and O–H groups in total. The predicted molar refractivity (Wildman–Crippen MR) is 127 cm³/mol. The summed E-state index contributed by atoms with van der Waals surface area (Å²) in [5.74, 6) is -2.06. The quantitative estimate of drug-likeness (QED) is 0.638. The first kappa shape index (κ1) is 24.0. The first-order valence-corrected chi connectivity index (χ1v) is 11.9. The molecule has 2 fully saturated rings. The van der Waals surface area contributed by atoms with Crippen molar-refractivity contribution in [3.05, 3.63) is 71.8 Å². The minimum absolute atomic E-state index is 0.0878. The van der Waals surface area contributed by atoms with Gasteiger partial charge in [0.05, 0.1) is 14.2 Å². The average molecular weight is 465 g/mol. The molecule has 2 aromatic rings. The summed E-state index contributed by atoms with van der Waals surface area (Å²) >= 11 is 0. The molecule has 1 saturated carbocycles. The van der Waals surface area contributed by atoms with Gasteiger partial charge in [-0.05, 0) is 36.5 Å². The van der Waals surface area contributed by atoms with Crippen LogP contribution in [0.4, 0.5) is 0 Å². The van der Waals surface area contributed by atoms with Gasteiger partial charge in [0.25, 0.3) is 5.91 Å². The molecule has 0 spiro atoms. The highest BCUT2D eigenvalue weighted by atomic mass is 16.5. The zero-order valence-corrected chi connectivity index (χ0v) is 19.7. The maximum atomic E-state index is 13.8. The van der Waals surface area contributed by atoms with E-state index in [1.165, 1.54) is 14.2 Å². The van der Waals surface area contributed by atoms with Crippen LogP contribution in [0.25, 0.3) is 0 Å². The number of nitrogens with one attached hydrogen (secondary N) is 2. The van der Waals surface area contributed by atoms with E-state index in [-0.39, 0.29) is 11.8 Å². The number of carbonyl (C=O) groups excluding carboxylic acids is 3. The van der Waals surface area contributed by atoms with E-state index in [0.717, 1.165) is 37.7 Å². The minimum atomic E-state index is -1.50. The molecule has 2 aliphatic rings. The monoisotopic (exact) mass is 464 g/mol. The molecule has 180 valence electrons. The lowest BCUT2D eigenvalue weighted by Crippen LogP contribution is -2.66. The van der Waals surface area contributed by atoms with Crippen molar-refractivity contribution in [1.29, 1.82) is 0 Å². The van der Waals surface area contributed by atoms with E-state index in [1.54, 1.807) is 24.3 Å². The van der Waals surface area contributed by atoms with Gasteiger partial charge in [0.2, 0.25) is 0 Å². The lowest BCUT2D eigenvalue weighted by atomic mass is 9.69. The molecular weight excluding hydrogens is 432 g/mol. The Morgan fingerprint density at radius 2 is 1.50 bits per heavy atom. The van der Waals surface area contributed by atoms with Crippen molar-refractivity contribution in [1.82, 2.24) is 10.6 Å². The van der Waals surface area contributed by atoms with E-state index in [1.807, 2.05) is 36.4 Å². The largest absolute Gasteiger partial charge is 0.468 e. The topological polar surface area (TPSA) is 93.7 Å². The Morgan fingerprint density at radius 3 is 2.09 bits per heavy atom. The lowest BCUT2D eigenvalue weighted by Gasteiger charge is -2.42. The number of carbonyl (C=O) groups is 3. The molecule has 0 radical (unpaired) electrons. The zero-order chi connectivity index (χ0) is 24.1. The van der Waals surface area contributed by atoms with Gasteiger partial charge in [-0.2, -0.15) is 0 Å². The molecule has 0 aromatic heterocycles. The summed E-state index contributed by atoms with van der Waals surface area (Å²) in [5, 5.41) is 6.51. The fourth-order valence-corrected chi connectivity index (χ4v) is 5.78. The second kappa shape index (κ2) is 10.4. The van der Waals surface area contributed by atoms with Gasteiger partial charge in [-0.3, -0.25) is 14.9 Å². The summed E-state index contributed by atoms with van der Waals surface area (Å²) in [4.78, 5) is 40.3. The van der Waals surface area contributed by atoms with Gasteiger partial charge >= 0.3 is 11.9 Å². The van der Waals surface area contributed by atoms with Crippen LogP contribution in [0, 0.1) is 5.92 Å². The number of ether oxygens (including phenoxy) is 2. The van der Waals surface area contributed by atoms with Gasteiger partial charge in [0, 0.05) is 17.5 Å². The number of benzene rings is 2. The Bertz CT molecular complexity index is 1010. The first-order chi connectivity index (χ1) is 16.5. The van der Waals surface area contributed by atoms with Crippen molar-refractivity contribution < 1.29 is 23.9 Å². The van der Waals surface area contributed by atoms with Gasteiger partial charge in [-0.15, -0.1) is 0 Å². The number of esters is 2. The van der Waals surface area contributed by atoms with Crippen molar-refractivity contribution in [2.45, 2.75) is 55.6 Å². The van der Waals surface area contributed by atoms with Crippen LogP contribution in [-0.4, -0.2) is 49.7 Å². The molecular formula is C27H32N2O5. The van der Waals surface area contributed by atoms with Crippen LogP contribution in [0.15, 0.2) is 60.7 Å². The SMILES string of the molecule is COC(=O)C1NC(C2CCCCC2)C(NC(=O)c2ccccc2)(C(=O)OC)C1c1ccccc1. The van der Waals surface area contributed by atoms with Gasteiger partial charge < -0.3 is 14.8 Å². The molecule has 1 amide bonds. The van der Waals surface area contributed by atoms with Gasteiger partial charge in [0.15, 0.2) is 5.54 Å². The molecule has 1 aliphatic heterocycles. The van der Waals surface area contributed by atoms with E-state index in [2.05, 4.69) is 10.6 Å². The molecule has 4 rings (SSSR count). The molecule has 1 aliphatic carbocycles. The molecule has 7 heteroatoms. The van der Waals surface area contributed by atoms with E-state index < -0.39 is 35.5 Å². The molecule has 7 nitrogen and oxygen atoms in total. The summed E-state index contributed by atoms with van der Waals surface area (Å²) in [7, 11) is 2.66. The summed E-state index contributed by atoms with van der Waals surface area (Å²) < 4.78 is 10.5. The highest BCUT2D eigenvalue weighted by Gasteiger charge is 2.65. The van der Waals surface area contributed by atoms with Crippen molar-refractivity contribution in [2.24, 2.45) is 5.92 Å². The van der Waals surface area contributed by atoms with Crippen LogP contribution >= 0.6 is 0 Å². The maximum absolute atomic E-state index is 13.8.